The third-order valence-corrected chi connectivity index (χ3v) is 6.74. The zero-order valence-corrected chi connectivity index (χ0v) is 24.2. The van der Waals surface area contributed by atoms with Crippen molar-refractivity contribution in [3.05, 3.63) is 70.9 Å². The smallest absolute Gasteiger partial charge is 0.295 e. The number of hydrogen-bond acceptors (Lipinski definition) is 9. The number of pyridine rings is 1. The second-order valence-electron chi connectivity index (χ2n) is 7.59. The Kier molecular flexibility index (Phi) is 13.6. The van der Waals surface area contributed by atoms with Gasteiger partial charge in [-0.1, -0.05) is 42.4 Å². The molecular weight excluding hydrogens is 536 g/mol. The van der Waals surface area contributed by atoms with Crippen LogP contribution in [0.1, 0.15) is 42.7 Å². The minimum Gasteiger partial charge on any atom is -0.496 e. The Hall–Kier alpha value is -3.85. The predicted molar refractivity (Wildman–Crippen MR) is 156 cm³/mol. The molecule has 9 nitrogen and oxygen atoms in total. The molecule has 3 rings (SSSR count). The normalized spacial score (nSPS) is 11.7. The van der Waals surface area contributed by atoms with Gasteiger partial charge in [0.15, 0.2) is 11.1 Å². The maximum atomic E-state index is 13.1. The molecule has 0 aliphatic rings. The van der Waals surface area contributed by atoms with Gasteiger partial charge in [0.05, 0.1) is 31.3 Å². The van der Waals surface area contributed by atoms with Gasteiger partial charge in [-0.2, -0.15) is 0 Å². The fourth-order valence-electron chi connectivity index (χ4n) is 3.07. The number of methoxy groups -OCH3 is 1. The molecule has 0 spiro atoms. The van der Waals surface area contributed by atoms with Crippen molar-refractivity contribution in [1.82, 2.24) is 15.2 Å². The Morgan fingerprint density at radius 2 is 1.97 bits per heavy atom. The number of allylic oxidation sites excluding steroid dienone is 2. The van der Waals surface area contributed by atoms with E-state index in [1.54, 1.807) is 26.2 Å². The maximum absolute atomic E-state index is 13.1. The summed E-state index contributed by atoms with van der Waals surface area (Å²) >= 11 is -0.360. The van der Waals surface area contributed by atoms with E-state index >= 15 is 0 Å². The molecule has 0 bridgehead atoms. The number of para-hydroxylation sites is 1. The number of rotatable bonds is 11. The third kappa shape index (κ3) is 9.76. The van der Waals surface area contributed by atoms with Gasteiger partial charge in [-0.25, -0.2) is 4.21 Å². The van der Waals surface area contributed by atoms with Crippen LogP contribution in [0.3, 0.4) is 0 Å². The highest BCUT2D eigenvalue weighted by Gasteiger charge is 2.18. The molecule has 2 heterocycles. The zero-order valence-electron chi connectivity index (χ0n) is 22.6. The first-order valence-corrected chi connectivity index (χ1v) is 13.9. The summed E-state index contributed by atoms with van der Waals surface area (Å²) in [6.45, 7) is 5.94. The molecule has 0 fully saturated rings. The fraction of sp³-hybridized carbons (Fsp3) is 0.286. The standard InChI is InChI=1S/C24H26N4O5S2.C4H6/c1-5-17(35(30)32-4)10-8-9-13-33-24-28-27-23(34-24)26-22(29)20-15-25-16(2)14-19(20)18-11-6-7-12-21(18)31-3;1-3-4-2/h5-8,10-12,14-15H,9,13H2,1-4H3,(H,26,27,29);1H,4H2,2H3/b10-8-,17-5+;. The van der Waals surface area contributed by atoms with Gasteiger partial charge in [-0.05, 0) is 49.8 Å². The first-order chi connectivity index (χ1) is 18.9. The predicted octanol–water partition coefficient (Wildman–Crippen LogP) is 5.74. The number of amides is 1. The number of anilines is 1. The van der Waals surface area contributed by atoms with E-state index < -0.39 is 11.1 Å². The summed E-state index contributed by atoms with van der Waals surface area (Å²) in [5, 5.41) is 11.4. The molecular formula is C28H32N4O5S2. The van der Waals surface area contributed by atoms with E-state index in [-0.39, 0.29) is 5.91 Å². The van der Waals surface area contributed by atoms with Crippen LogP contribution in [-0.4, -0.2) is 46.1 Å². The Morgan fingerprint density at radius 1 is 1.23 bits per heavy atom. The summed E-state index contributed by atoms with van der Waals surface area (Å²) in [6, 6.07) is 9.33. The molecule has 11 heteroatoms. The largest absolute Gasteiger partial charge is 0.496 e. The molecule has 0 saturated carbocycles. The van der Waals surface area contributed by atoms with Crippen LogP contribution < -0.4 is 14.8 Å². The minimum absolute atomic E-state index is 0.304. The number of aromatic nitrogens is 3. The van der Waals surface area contributed by atoms with Gasteiger partial charge < -0.3 is 9.47 Å². The number of nitrogens with one attached hydrogen (secondary N) is 1. The zero-order chi connectivity index (χ0) is 28.6. The second-order valence-corrected chi connectivity index (χ2v) is 9.80. The third-order valence-electron chi connectivity index (χ3n) is 4.93. The Labute approximate surface area is 236 Å². The van der Waals surface area contributed by atoms with Gasteiger partial charge in [0.1, 0.15) is 5.75 Å². The molecule has 39 heavy (non-hydrogen) atoms. The first kappa shape index (κ1) is 31.4. The Bertz CT molecular complexity index is 1360. The number of terminal acetylenes is 1. The van der Waals surface area contributed by atoms with E-state index in [0.29, 0.717) is 45.1 Å². The van der Waals surface area contributed by atoms with E-state index in [0.717, 1.165) is 29.0 Å². The molecule has 1 amide bonds. The fourth-order valence-corrected chi connectivity index (χ4v) is 4.28. The lowest BCUT2D eigenvalue weighted by Crippen LogP contribution is -2.14. The molecule has 0 radical (unpaired) electrons. The lowest BCUT2D eigenvalue weighted by molar-refractivity contribution is 0.102. The van der Waals surface area contributed by atoms with Crippen LogP contribution in [0.4, 0.5) is 5.13 Å². The van der Waals surface area contributed by atoms with Crippen LogP contribution >= 0.6 is 11.3 Å². The van der Waals surface area contributed by atoms with E-state index in [1.165, 1.54) is 13.3 Å². The van der Waals surface area contributed by atoms with Gasteiger partial charge in [-0.3, -0.25) is 19.3 Å². The van der Waals surface area contributed by atoms with Crippen LogP contribution in [0.2, 0.25) is 0 Å². The Morgan fingerprint density at radius 3 is 2.64 bits per heavy atom. The highest BCUT2D eigenvalue weighted by molar-refractivity contribution is 7.84. The molecule has 1 atom stereocenters. The Balaban J connectivity index is 0.00000124. The molecule has 3 aromatic rings. The summed E-state index contributed by atoms with van der Waals surface area (Å²) in [6.07, 6.45) is 13.0. The van der Waals surface area contributed by atoms with Crippen molar-refractivity contribution >= 4 is 33.5 Å². The number of carbonyl (C=O) groups is 1. The number of ether oxygens (including phenoxy) is 2. The molecule has 1 unspecified atom stereocenters. The second kappa shape index (κ2) is 16.9. The number of aryl methyl sites for hydroxylation is 1. The average Bonchev–Trinajstić information content (AvgIpc) is 3.41. The molecule has 1 aromatic carbocycles. The number of hydrogen-bond donors (Lipinski definition) is 1. The summed E-state index contributed by atoms with van der Waals surface area (Å²) in [5.41, 5.74) is 2.65. The number of benzene rings is 1. The van der Waals surface area contributed by atoms with E-state index in [9.17, 15) is 9.00 Å². The molecule has 2 aromatic heterocycles. The molecule has 206 valence electrons. The lowest BCUT2D eigenvalue weighted by atomic mass is 9.99. The van der Waals surface area contributed by atoms with Crippen LogP contribution in [0, 0.1) is 19.3 Å². The van der Waals surface area contributed by atoms with Crippen molar-refractivity contribution in [2.24, 2.45) is 0 Å². The van der Waals surface area contributed by atoms with Gasteiger partial charge in [0.2, 0.25) is 5.13 Å². The van der Waals surface area contributed by atoms with Gasteiger partial charge in [0.25, 0.3) is 11.1 Å². The highest BCUT2D eigenvalue weighted by Crippen LogP contribution is 2.33. The molecule has 0 saturated heterocycles. The van der Waals surface area contributed by atoms with Crippen molar-refractivity contribution < 1.29 is 22.7 Å². The summed E-state index contributed by atoms with van der Waals surface area (Å²) < 4.78 is 27.5. The SMILES string of the molecule is C#CCC.C/C=C(\C=C/CCOc1nnc(NC(=O)c2cnc(C)cc2-c2ccccc2OC)s1)S(=O)OC. The van der Waals surface area contributed by atoms with Crippen molar-refractivity contribution in [2.75, 3.05) is 26.1 Å². The van der Waals surface area contributed by atoms with Gasteiger partial charge >= 0.3 is 0 Å². The minimum atomic E-state index is -1.48. The lowest BCUT2D eigenvalue weighted by Gasteiger charge is -2.13. The van der Waals surface area contributed by atoms with Gasteiger partial charge in [-0.15, -0.1) is 17.4 Å². The van der Waals surface area contributed by atoms with Crippen molar-refractivity contribution in [1.29, 1.82) is 0 Å². The van der Waals surface area contributed by atoms with Crippen LogP contribution in [0.5, 0.6) is 10.9 Å². The van der Waals surface area contributed by atoms with Crippen LogP contribution in [0.25, 0.3) is 11.1 Å². The topological polar surface area (TPSA) is 113 Å². The monoisotopic (exact) mass is 568 g/mol. The van der Waals surface area contributed by atoms with E-state index in [1.807, 2.05) is 50.3 Å². The highest BCUT2D eigenvalue weighted by atomic mass is 32.2. The van der Waals surface area contributed by atoms with E-state index in [4.69, 9.17) is 20.1 Å². The number of carbonyl (C=O) groups excluding carboxylic acids is 1. The number of nitrogens with zero attached hydrogens (tertiary/aromatic N) is 3. The molecule has 0 aliphatic carbocycles. The van der Waals surface area contributed by atoms with E-state index in [2.05, 4.69) is 26.4 Å². The average molecular weight is 569 g/mol. The summed E-state index contributed by atoms with van der Waals surface area (Å²) in [4.78, 5) is 17.9. The summed E-state index contributed by atoms with van der Waals surface area (Å²) in [7, 11) is 2.97. The van der Waals surface area contributed by atoms with Crippen LogP contribution in [0.15, 0.2) is 59.7 Å². The van der Waals surface area contributed by atoms with Crippen LogP contribution in [-0.2, 0) is 15.3 Å². The quantitative estimate of drug-likeness (QED) is 0.177. The first-order valence-electron chi connectivity index (χ1n) is 12.0. The van der Waals surface area contributed by atoms with Crippen molar-refractivity contribution in [3.8, 4) is 34.4 Å². The molecule has 0 aliphatic heterocycles. The maximum Gasteiger partial charge on any atom is 0.295 e. The van der Waals surface area contributed by atoms with Crippen molar-refractivity contribution in [3.63, 3.8) is 0 Å². The van der Waals surface area contributed by atoms with Gasteiger partial charge in [0, 0.05) is 29.4 Å². The summed E-state index contributed by atoms with van der Waals surface area (Å²) in [5.74, 6) is 2.72. The molecule has 1 N–H and O–H groups in total. The van der Waals surface area contributed by atoms with Crippen molar-refractivity contribution in [2.45, 2.75) is 33.6 Å².